The number of rotatable bonds is 6. The highest BCUT2D eigenvalue weighted by Gasteiger charge is 2.48. The van der Waals surface area contributed by atoms with Crippen LogP contribution in [0.25, 0.3) is 66.6 Å². The molecule has 2 aliphatic heterocycles. The van der Waals surface area contributed by atoms with Gasteiger partial charge in [0, 0.05) is 44.3 Å². The number of fused-ring (bicyclic) bond motifs is 6. The van der Waals surface area contributed by atoms with Gasteiger partial charge in [0.05, 0.1) is 0 Å². The van der Waals surface area contributed by atoms with Crippen LogP contribution in [-0.2, 0) is 0 Å². The second-order valence-corrected chi connectivity index (χ2v) is 17.0. The molecule has 0 saturated carbocycles. The monoisotopic (exact) mass is 796 g/mol. The van der Waals surface area contributed by atoms with Gasteiger partial charge >= 0.3 is 13.7 Å². The highest BCUT2D eigenvalue weighted by atomic mass is 14.9. The van der Waals surface area contributed by atoms with Crippen molar-refractivity contribution in [3.63, 3.8) is 0 Å². The summed E-state index contributed by atoms with van der Waals surface area (Å²) in [6.07, 6.45) is 0. The largest absolute Gasteiger partial charge is 0.375 e. The van der Waals surface area contributed by atoms with E-state index in [9.17, 15) is 0 Å². The third-order valence-electron chi connectivity index (χ3n) is 13.8. The van der Waals surface area contributed by atoms with Crippen molar-refractivity contribution in [2.75, 3.05) is 0 Å². The van der Waals surface area contributed by atoms with Crippen molar-refractivity contribution in [3.8, 4) is 44.8 Å². The molecule has 4 heterocycles. The van der Waals surface area contributed by atoms with E-state index in [-0.39, 0.29) is 20.4 Å². The molecular weight excluding hydrogens is 757 g/mol. The van der Waals surface area contributed by atoms with Gasteiger partial charge in [-0.3, -0.25) is 0 Å². The van der Waals surface area contributed by atoms with Gasteiger partial charge in [-0.05, 0) is 34.4 Å². The average Bonchev–Trinajstić information content (AvgIpc) is 3.88. The minimum absolute atomic E-state index is 0.0716. The molecule has 0 saturated heterocycles. The minimum atomic E-state index is -0.0919. The van der Waals surface area contributed by atoms with E-state index in [0.29, 0.717) is 0 Å². The lowest BCUT2D eigenvalue weighted by Crippen LogP contribution is -2.83. The Bertz CT molecular complexity index is 3290. The zero-order valence-electron chi connectivity index (χ0n) is 34.6. The molecule has 2 nitrogen and oxygen atoms in total. The fraction of sp³-hybridized carbons (Fsp3) is 0. The highest BCUT2D eigenvalue weighted by Crippen LogP contribution is 2.43. The molecular formula is C58H39B3N2. The maximum Gasteiger partial charge on any atom is 0.327 e. The summed E-state index contributed by atoms with van der Waals surface area (Å²) in [5, 5.41) is 2.52. The number of nitrogens with zero attached hydrogens (tertiary/aromatic N) is 2. The molecule has 63 heavy (non-hydrogen) atoms. The minimum Gasteiger partial charge on any atom is -0.375 e. The van der Waals surface area contributed by atoms with Crippen LogP contribution in [0.4, 0.5) is 0 Å². The van der Waals surface area contributed by atoms with Crippen LogP contribution in [0, 0.1) is 0 Å². The average molecular weight is 796 g/mol. The molecule has 0 bridgehead atoms. The molecule has 0 atom stereocenters. The Morgan fingerprint density at radius 1 is 0.254 bits per heavy atom. The van der Waals surface area contributed by atoms with Gasteiger partial charge in [0.25, 0.3) is 0 Å². The molecule has 13 rings (SSSR count). The molecule has 290 valence electrons. The first-order chi connectivity index (χ1) is 31.3. The maximum absolute atomic E-state index is 2.68. The van der Waals surface area contributed by atoms with Gasteiger partial charge in [-0.25, -0.2) is 0 Å². The summed E-state index contributed by atoms with van der Waals surface area (Å²) >= 11 is 0. The van der Waals surface area contributed by atoms with Gasteiger partial charge in [-0.1, -0.05) is 263 Å². The summed E-state index contributed by atoms with van der Waals surface area (Å²) in [7, 11) is 0. The highest BCUT2D eigenvalue weighted by molar-refractivity contribution is 7.14. The lowest BCUT2D eigenvalue weighted by atomic mass is 9.18. The van der Waals surface area contributed by atoms with Crippen molar-refractivity contribution < 1.29 is 0 Å². The van der Waals surface area contributed by atoms with Gasteiger partial charge in [-0.15, -0.1) is 0 Å². The SMILES string of the molecule is c1ccc(-c2c(-c3ccccc3)n(B3c4ccccc4B4c5ccccc5B(n5c(-c6ccccc6)c(-c6ccccc6)c6ccccc65)c5cccc3c54)c3ccccc23)cc1. The molecule has 0 N–H and O–H groups in total. The first kappa shape index (κ1) is 36.0. The van der Waals surface area contributed by atoms with Crippen molar-refractivity contribution in [2.24, 2.45) is 0 Å². The normalized spacial score (nSPS) is 12.7. The third-order valence-corrected chi connectivity index (χ3v) is 13.8. The van der Waals surface area contributed by atoms with Crippen LogP contribution in [0.5, 0.6) is 0 Å². The Morgan fingerprint density at radius 2 is 0.571 bits per heavy atom. The van der Waals surface area contributed by atoms with Crippen LogP contribution in [0.15, 0.2) is 237 Å². The predicted molar refractivity (Wildman–Crippen MR) is 270 cm³/mol. The Balaban J connectivity index is 1.16. The summed E-state index contributed by atoms with van der Waals surface area (Å²) < 4.78 is 5.36. The van der Waals surface area contributed by atoms with Gasteiger partial charge in [-0.2, -0.15) is 0 Å². The van der Waals surface area contributed by atoms with E-state index >= 15 is 0 Å². The van der Waals surface area contributed by atoms with E-state index in [4.69, 9.17) is 0 Å². The number of aromatic nitrogens is 2. The van der Waals surface area contributed by atoms with Gasteiger partial charge in [0.2, 0.25) is 6.71 Å². The van der Waals surface area contributed by atoms with E-state index < -0.39 is 0 Å². The zero-order chi connectivity index (χ0) is 41.4. The first-order valence-corrected chi connectivity index (χ1v) is 22.1. The zero-order valence-corrected chi connectivity index (χ0v) is 34.6. The first-order valence-electron chi connectivity index (χ1n) is 22.1. The Labute approximate surface area is 369 Å². The molecule has 0 spiro atoms. The van der Waals surface area contributed by atoms with Crippen molar-refractivity contribution >= 4 is 80.5 Å². The van der Waals surface area contributed by atoms with Crippen LogP contribution in [0.3, 0.4) is 0 Å². The van der Waals surface area contributed by atoms with Crippen LogP contribution in [0.2, 0.25) is 0 Å². The smallest absolute Gasteiger partial charge is 0.327 e. The Morgan fingerprint density at radius 3 is 0.984 bits per heavy atom. The van der Waals surface area contributed by atoms with Crippen molar-refractivity contribution in [3.05, 3.63) is 237 Å². The third kappa shape index (κ3) is 5.36. The standard InChI is InChI=1S/C58H39B3N2/c1-5-22-40(23-6-1)54-44-30-13-19-38-52(44)62(57(54)42-26-9-3-10-27-42)60-48-34-17-15-32-46(48)59-47-33-16-18-35-49(47)61(51-37-21-36-50(60)56(51)59)63-53-39-20-14-31-45(53)55(41-24-7-2-8-25-41)58(63)43-28-11-4-12-29-43/h1-39H. The predicted octanol–water partition coefficient (Wildman–Crippen LogP) is 8.72. The van der Waals surface area contributed by atoms with Crippen LogP contribution < -0.4 is 38.2 Å². The molecule has 0 unspecified atom stereocenters. The molecule has 0 aliphatic carbocycles. The summed E-state index contributed by atoms with van der Waals surface area (Å²) in [6.45, 7) is -0.112. The number of para-hydroxylation sites is 2. The van der Waals surface area contributed by atoms with Crippen molar-refractivity contribution in [2.45, 2.75) is 0 Å². The van der Waals surface area contributed by atoms with Gasteiger partial charge in [0.15, 0.2) is 0 Å². The maximum atomic E-state index is 2.68. The fourth-order valence-electron chi connectivity index (χ4n) is 11.4. The van der Waals surface area contributed by atoms with Crippen molar-refractivity contribution in [1.82, 2.24) is 8.96 Å². The number of hydrogen-bond donors (Lipinski definition) is 0. The molecule has 5 heteroatoms. The lowest BCUT2D eigenvalue weighted by molar-refractivity contribution is 1.27. The second kappa shape index (κ2) is 14.4. The van der Waals surface area contributed by atoms with E-state index in [2.05, 4.69) is 246 Å². The lowest BCUT2D eigenvalue weighted by Gasteiger charge is -2.40. The molecule has 11 aromatic rings. The topological polar surface area (TPSA) is 9.86 Å². The molecule has 2 aliphatic rings. The molecule has 0 amide bonds. The molecule has 0 fully saturated rings. The van der Waals surface area contributed by atoms with Crippen molar-refractivity contribution in [1.29, 1.82) is 0 Å². The van der Waals surface area contributed by atoms with Gasteiger partial charge in [0.1, 0.15) is 0 Å². The summed E-state index contributed by atoms with van der Waals surface area (Å²) in [6, 6.07) is 88.0. The Kier molecular flexibility index (Phi) is 8.24. The van der Waals surface area contributed by atoms with Crippen LogP contribution in [-0.4, -0.2) is 29.4 Å². The molecule has 0 radical (unpaired) electrons. The summed E-state index contributed by atoms with van der Waals surface area (Å²) in [4.78, 5) is 0. The van der Waals surface area contributed by atoms with E-state index in [0.717, 1.165) is 0 Å². The van der Waals surface area contributed by atoms with Crippen LogP contribution >= 0.6 is 0 Å². The number of hydrogen-bond acceptors (Lipinski definition) is 0. The van der Waals surface area contributed by atoms with E-state index in [1.807, 2.05) is 0 Å². The quantitative estimate of drug-likeness (QED) is 0.149. The van der Waals surface area contributed by atoms with Crippen LogP contribution in [0.1, 0.15) is 0 Å². The summed E-state index contributed by atoms with van der Waals surface area (Å²) in [5.74, 6) is 0. The second-order valence-electron chi connectivity index (χ2n) is 17.0. The molecule has 9 aromatic carbocycles. The van der Waals surface area contributed by atoms with Gasteiger partial charge < -0.3 is 8.96 Å². The fourth-order valence-corrected chi connectivity index (χ4v) is 11.4. The number of benzene rings is 9. The Hall–Kier alpha value is -7.75. The van der Waals surface area contributed by atoms with E-state index in [1.54, 1.807) is 0 Å². The van der Waals surface area contributed by atoms with E-state index in [1.165, 1.54) is 105 Å². The molecule has 2 aromatic heterocycles. The summed E-state index contributed by atoms with van der Waals surface area (Å²) in [5.41, 5.74) is 21.9.